The lowest BCUT2D eigenvalue weighted by atomic mass is 10.1. The van der Waals surface area contributed by atoms with Crippen molar-refractivity contribution in [2.24, 2.45) is 0 Å². The average Bonchev–Trinajstić information content (AvgIpc) is 2.66. The molecule has 0 atom stereocenters. The van der Waals surface area contributed by atoms with Gasteiger partial charge in [-0.05, 0) is 23.6 Å². The zero-order valence-corrected chi connectivity index (χ0v) is 13.6. The monoisotopic (exact) mass is 349 g/mol. The van der Waals surface area contributed by atoms with E-state index in [1.807, 2.05) is 36.4 Å². The first-order valence-corrected chi connectivity index (χ1v) is 7.80. The van der Waals surface area contributed by atoms with E-state index in [9.17, 15) is 14.4 Å². The molecule has 0 aliphatic heterocycles. The molecular formula is C19H15N3O4. The number of hydrogen-bond donors (Lipinski definition) is 3. The lowest BCUT2D eigenvalue weighted by molar-refractivity contribution is -0.115. The molecule has 2 aromatic carbocycles. The highest BCUT2D eigenvalue weighted by atomic mass is 16.4. The van der Waals surface area contributed by atoms with Gasteiger partial charge < -0.3 is 15.7 Å². The number of aromatic carboxylic acids is 1. The number of fused-ring (bicyclic) bond motifs is 1. The Hall–Kier alpha value is -3.74. The largest absolute Gasteiger partial charge is 0.478 e. The molecule has 0 spiro atoms. The van der Waals surface area contributed by atoms with Gasteiger partial charge in [-0.15, -0.1) is 0 Å². The number of carboxylic acids is 1. The zero-order chi connectivity index (χ0) is 18.5. The Kier molecular flexibility index (Phi) is 4.89. The second kappa shape index (κ2) is 7.43. The van der Waals surface area contributed by atoms with Crippen molar-refractivity contribution in [1.82, 2.24) is 10.3 Å². The highest BCUT2D eigenvalue weighted by Crippen LogP contribution is 2.22. The summed E-state index contributed by atoms with van der Waals surface area (Å²) >= 11 is 0. The topological polar surface area (TPSA) is 108 Å². The number of anilines is 1. The fourth-order valence-corrected chi connectivity index (χ4v) is 2.43. The van der Waals surface area contributed by atoms with Gasteiger partial charge in [0.2, 0.25) is 5.91 Å². The number of carboxylic acid groups (broad SMARTS) is 1. The molecule has 0 fully saturated rings. The molecule has 0 bridgehead atoms. The van der Waals surface area contributed by atoms with Crippen LogP contribution in [-0.4, -0.2) is 34.4 Å². The van der Waals surface area contributed by atoms with Crippen molar-refractivity contribution in [2.45, 2.75) is 0 Å². The predicted molar refractivity (Wildman–Crippen MR) is 96.1 cm³/mol. The average molecular weight is 349 g/mol. The molecule has 0 unspecified atom stereocenters. The molecule has 1 aromatic heterocycles. The minimum Gasteiger partial charge on any atom is -0.478 e. The fourth-order valence-electron chi connectivity index (χ4n) is 2.43. The number of amides is 2. The standard InChI is InChI=1S/C19H15N3O4/c23-17(22-15-7-3-5-12-4-1-2-6-14(12)15)11-21-18(24)16-9-8-13(10-20-16)19(25)26/h1-10H,11H2,(H,21,24)(H,22,23)(H,25,26). The molecule has 0 aliphatic carbocycles. The van der Waals surface area contributed by atoms with Crippen LogP contribution in [0.1, 0.15) is 20.8 Å². The summed E-state index contributed by atoms with van der Waals surface area (Å²) < 4.78 is 0. The van der Waals surface area contributed by atoms with E-state index in [-0.39, 0.29) is 23.7 Å². The summed E-state index contributed by atoms with van der Waals surface area (Å²) in [4.78, 5) is 38.7. The molecular weight excluding hydrogens is 334 g/mol. The summed E-state index contributed by atoms with van der Waals surface area (Å²) in [5, 5.41) is 15.9. The number of hydrogen-bond acceptors (Lipinski definition) is 4. The van der Waals surface area contributed by atoms with E-state index < -0.39 is 11.9 Å². The minimum atomic E-state index is -1.13. The molecule has 7 heteroatoms. The summed E-state index contributed by atoms with van der Waals surface area (Å²) in [5.74, 6) is -2.06. The van der Waals surface area contributed by atoms with E-state index in [0.29, 0.717) is 5.69 Å². The van der Waals surface area contributed by atoms with Gasteiger partial charge in [0.15, 0.2) is 0 Å². The first kappa shape index (κ1) is 17.1. The predicted octanol–water partition coefficient (Wildman–Crippen LogP) is 2.30. The number of rotatable bonds is 5. The molecule has 0 saturated carbocycles. The van der Waals surface area contributed by atoms with E-state index in [1.165, 1.54) is 12.1 Å². The van der Waals surface area contributed by atoms with Crippen molar-refractivity contribution in [3.63, 3.8) is 0 Å². The third-order valence-corrected chi connectivity index (χ3v) is 3.72. The molecule has 0 radical (unpaired) electrons. The Morgan fingerprint density at radius 3 is 2.46 bits per heavy atom. The van der Waals surface area contributed by atoms with Crippen LogP contribution in [0.5, 0.6) is 0 Å². The molecule has 130 valence electrons. The molecule has 1 heterocycles. The Morgan fingerprint density at radius 2 is 1.73 bits per heavy atom. The van der Waals surface area contributed by atoms with Gasteiger partial charge in [0.1, 0.15) is 5.69 Å². The van der Waals surface area contributed by atoms with E-state index in [4.69, 9.17) is 5.11 Å². The van der Waals surface area contributed by atoms with Gasteiger partial charge in [-0.3, -0.25) is 14.6 Å². The van der Waals surface area contributed by atoms with Crippen LogP contribution in [0.4, 0.5) is 5.69 Å². The van der Waals surface area contributed by atoms with Gasteiger partial charge in [-0.2, -0.15) is 0 Å². The van der Waals surface area contributed by atoms with Crippen LogP contribution in [-0.2, 0) is 4.79 Å². The summed E-state index contributed by atoms with van der Waals surface area (Å²) in [6, 6.07) is 15.8. The lowest BCUT2D eigenvalue weighted by Crippen LogP contribution is -2.33. The Labute approximate surface area is 148 Å². The number of aromatic nitrogens is 1. The van der Waals surface area contributed by atoms with Crippen molar-refractivity contribution in [3.05, 3.63) is 72.1 Å². The summed E-state index contributed by atoms with van der Waals surface area (Å²) in [6.45, 7) is -0.232. The van der Waals surface area contributed by atoms with Crippen LogP contribution in [0.15, 0.2) is 60.8 Å². The van der Waals surface area contributed by atoms with Gasteiger partial charge in [-0.25, -0.2) is 4.79 Å². The highest BCUT2D eigenvalue weighted by molar-refractivity contribution is 6.04. The van der Waals surface area contributed by atoms with Crippen molar-refractivity contribution < 1.29 is 19.5 Å². The highest BCUT2D eigenvalue weighted by Gasteiger charge is 2.11. The number of nitrogens with one attached hydrogen (secondary N) is 2. The minimum absolute atomic E-state index is 0.0183. The van der Waals surface area contributed by atoms with Crippen LogP contribution in [0.3, 0.4) is 0 Å². The maximum Gasteiger partial charge on any atom is 0.337 e. The molecule has 0 saturated heterocycles. The van der Waals surface area contributed by atoms with E-state index in [0.717, 1.165) is 17.0 Å². The fraction of sp³-hybridized carbons (Fsp3) is 0.0526. The number of benzene rings is 2. The summed E-state index contributed by atoms with van der Waals surface area (Å²) in [5.41, 5.74) is 0.675. The van der Waals surface area contributed by atoms with Crippen molar-refractivity contribution >= 4 is 34.2 Å². The van der Waals surface area contributed by atoms with Crippen LogP contribution in [0.2, 0.25) is 0 Å². The van der Waals surface area contributed by atoms with Crippen molar-refractivity contribution in [1.29, 1.82) is 0 Å². The van der Waals surface area contributed by atoms with Crippen LogP contribution in [0.25, 0.3) is 10.8 Å². The van der Waals surface area contributed by atoms with Gasteiger partial charge in [-0.1, -0.05) is 36.4 Å². The molecule has 3 N–H and O–H groups in total. The quantitative estimate of drug-likeness (QED) is 0.655. The first-order valence-electron chi connectivity index (χ1n) is 7.80. The Bertz CT molecular complexity index is 978. The molecule has 3 aromatic rings. The molecule has 7 nitrogen and oxygen atoms in total. The van der Waals surface area contributed by atoms with Crippen molar-refractivity contribution in [3.8, 4) is 0 Å². The number of carbonyl (C=O) groups is 3. The van der Waals surface area contributed by atoms with E-state index >= 15 is 0 Å². The number of nitrogens with zero attached hydrogens (tertiary/aromatic N) is 1. The van der Waals surface area contributed by atoms with E-state index in [1.54, 1.807) is 6.07 Å². The van der Waals surface area contributed by atoms with Crippen LogP contribution >= 0.6 is 0 Å². The maximum atomic E-state index is 12.1. The normalized spacial score (nSPS) is 10.3. The molecule has 2 amide bonds. The zero-order valence-electron chi connectivity index (χ0n) is 13.6. The third kappa shape index (κ3) is 3.84. The SMILES string of the molecule is O=C(CNC(=O)c1ccc(C(=O)O)cn1)Nc1cccc2ccccc12. The van der Waals surface area contributed by atoms with Crippen LogP contribution in [0, 0.1) is 0 Å². The second-order valence-corrected chi connectivity index (χ2v) is 5.49. The molecule has 0 aliphatic rings. The summed E-state index contributed by atoms with van der Waals surface area (Å²) in [7, 11) is 0. The first-order chi connectivity index (χ1) is 12.5. The van der Waals surface area contributed by atoms with Crippen molar-refractivity contribution in [2.75, 3.05) is 11.9 Å². The lowest BCUT2D eigenvalue weighted by Gasteiger charge is -2.09. The second-order valence-electron chi connectivity index (χ2n) is 5.49. The Morgan fingerprint density at radius 1 is 0.962 bits per heavy atom. The van der Waals surface area contributed by atoms with Crippen LogP contribution < -0.4 is 10.6 Å². The molecule has 26 heavy (non-hydrogen) atoms. The molecule has 3 rings (SSSR count). The van der Waals surface area contributed by atoms with Gasteiger partial charge >= 0.3 is 5.97 Å². The number of pyridine rings is 1. The smallest absolute Gasteiger partial charge is 0.337 e. The van der Waals surface area contributed by atoms with E-state index in [2.05, 4.69) is 15.6 Å². The number of carbonyl (C=O) groups excluding carboxylic acids is 2. The summed E-state index contributed by atoms with van der Waals surface area (Å²) in [6.07, 6.45) is 1.09. The maximum absolute atomic E-state index is 12.1. The van der Waals surface area contributed by atoms with Gasteiger partial charge in [0.25, 0.3) is 5.91 Å². The Balaban J connectivity index is 1.61. The third-order valence-electron chi connectivity index (χ3n) is 3.72. The van der Waals surface area contributed by atoms with Gasteiger partial charge in [0.05, 0.1) is 12.1 Å². The van der Waals surface area contributed by atoms with Gasteiger partial charge in [0, 0.05) is 17.3 Å².